The van der Waals surface area contributed by atoms with Gasteiger partial charge in [-0.1, -0.05) is 20.8 Å². The molecular formula is C30H47NO7. The maximum Gasteiger partial charge on any atom is 0.322 e. The fourth-order valence-electron chi connectivity index (χ4n) is 9.58. The zero-order valence-electron chi connectivity index (χ0n) is 23.4. The van der Waals surface area contributed by atoms with Gasteiger partial charge in [-0.25, -0.2) is 0 Å². The highest BCUT2D eigenvalue weighted by Crippen LogP contribution is 2.68. The average molecular weight is 534 g/mol. The Morgan fingerprint density at radius 3 is 2.29 bits per heavy atom. The van der Waals surface area contributed by atoms with Crippen molar-refractivity contribution in [2.45, 2.75) is 110 Å². The quantitative estimate of drug-likeness (QED) is 0.335. The van der Waals surface area contributed by atoms with Gasteiger partial charge in [0.25, 0.3) is 0 Å². The van der Waals surface area contributed by atoms with Crippen molar-refractivity contribution in [2.24, 2.45) is 46.3 Å². The molecule has 4 aliphatic carbocycles. The lowest BCUT2D eigenvalue weighted by molar-refractivity contribution is -0.164. The second kappa shape index (κ2) is 11.5. The number of carbonyl (C=O) groups is 4. The SMILES string of the molecule is C[C@H](CCC(=O)NCC(=O)O)[C@H]1CC[C@H]2[C@@H]3CC[C@@H]4C[C@H](OC(=O)CCC(=O)O)CC[C@]4(C)[C@H]3CC[C@]12C. The van der Waals surface area contributed by atoms with Crippen LogP contribution in [0, 0.1) is 46.3 Å². The Hall–Kier alpha value is -2.12. The van der Waals surface area contributed by atoms with Crippen molar-refractivity contribution in [1.29, 1.82) is 0 Å². The Morgan fingerprint density at radius 2 is 1.58 bits per heavy atom. The second-order valence-corrected chi connectivity index (χ2v) is 13.4. The van der Waals surface area contributed by atoms with Crippen molar-refractivity contribution < 1.29 is 34.1 Å². The second-order valence-electron chi connectivity index (χ2n) is 13.4. The Labute approximate surface area is 226 Å². The number of aliphatic carboxylic acids is 2. The normalized spacial score (nSPS) is 38.7. The van der Waals surface area contributed by atoms with E-state index in [1.807, 2.05) is 0 Å². The molecule has 0 heterocycles. The number of ether oxygens (including phenoxy) is 1. The molecule has 214 valence electrons. The number of rotatable bonds is 10. The Kier molecular flexibility index (Phi) is 8.78. The van der Waals surface area contributed by atoms with Crippen molar-refractivity contribution in [3.63, 3.8) is 0 Å². The molecule has 3 N–H and O–H groups in total. The molecule has 0 radical (unpaired) electrons. The summed E-state index contributed by atoms with van der Waals surface area (Å²) in [6, 6.07) is 0. The van der Waals surface area contributed by atoms with Gasteiger partial charge in [0.2, 0.25) is 5.91 Å². The van der Waals surface area contributed by atoms with E-state index in [1.54, 1.807) is 0 Å². The Bertz CT molecular complexity index is 920. The summed E-state index contributed by atoms with van der Waals surface area (Å²) in [7, 11) is 0. The fourth-order valence-corrected chi connectivity index (χ4v) is 9.58. The maximum atomic E-state index is 12.1. The summed E-state index contributed by atoms with van der Waals surface area (Å²) in [6.45, 7) is 6.97. The molecule has 0 spiro atoms. The summed E-state index contributed by atoms with van der Waals surface area (Å²) in [4.78, 5) is 45.8. The van der Waals surface area contributed by atoms with Crippen molar-refractivity contribution in [2.75, 3.05) is 6.54 Å². The largest absolute Gasteiger partial charge is 0.481 e. The monoisotopic (exact) mass is 533 g/mol. The minimum Gasteiger partial charge on any atom is -0.481 e. The van der Waals surface area contributed by atoms with Gasteiger partial charge in [-0.15, -0.1) is 0 Å². The van der Waals surface area contributed by atoms with Crippen molar-refractivity contribution in [1.82, 2.24) is 5.32 Å². The summed E-state index contributed by atoms with van der Waals surface area (Å²) >= 11 is 0. The predicted octanol–water partition coefficient (Wildman–Crippen LogP) is 5.04. The van der Waals surface area contributed by atoms with Gasteiger partial charge in [-0.3, -0.25) is 19.2 Å². The lowest BCUT2D eigenvalue weighted by Gasteiger charge is -2.61. The lowest BCUT2D eigenvalue weighted by atomic mass is 9.44. The molecule has 0 aromatic heterocycles. The van der Waals surface area contributed by atoms with Gasteiger partial charge in [0.1, 0.15) is 12.6 Å². The van der Waals surface area contributed by atoms with E-state index >= 15 is 0 Å². The molecule has 9 atom stereocenters. The third-order valence-corrected chi connectivity index (χ3v) is 11.5. The molecule has 38 heavy (non-hydrogen) atoms. The number of amides is 1. The van der Waals surface area contributed by atoms with E-state index in [9.17, 15) is 19.2 Å². The van der Waals surface area contributed by atoms with E-state index in [4.69, 9.17) is 14.9 Å². The number of carbonyl (C=O) groups excluding carboxylic acids is 2. The van der Waals surface area contributed by atoms with Crippen LogP contribution in [0.15, 0.2) is 0 Å². The smallest absolute Gasteiger partial charge is 0.322 e. The molecule has 0 unspecified atom stereocenters. The molecule has 0 saturated heterocycles. The molecule has 0 aromatic rings. The van der Waals surface area contributed by atoms with Crippen molar-refractivity contribution in [3.8, 4) is 0 Å². The molecule has 0 aliphatic heterocycles. The third kappa shape index (κ3) is 5.89. The number of carboxylic acids is 2. The van der Waals surface area contributed by atoms with Gasteiger partial charge in [0.05, 0.1) is 12.8 Å². The highest BCUT2D eigenvalue weighted by atomic mass is 16.5. The van der Waals surface area contributed by atoms with Crippen LogP contribution in [0.2, 0.25) is 0 Å². The standard InChI is InChI=1S/C30H47NO7/c1-18(4-9-25(32)31-17-27(35)36)22-7-8-23-21-6-5-19-16-20(38-28(37)11-10-26(33)34)12-14-29(19,2)24(21)13-15-30(22,23)3/h18-24H,4-17H2,1-3H3,(H,31,32)(H,33,34)(H,35,36)/t18-,19-,20-,21+,22-,23+,24+,29+,30-/m1/s1. The molecule has 4 fully saturated rings. The Morgan fingerprint density at radius 1 is 0.868 bits per heavy atom. The van der Waals surface area contributed by atoms with Crippen LogP contribution in [0.25, 0.3) is 0 Å². The molecule has 8 nitrogen and oxygen atoms in total. The number of esters is 1. The first-order valence-electron chi connectivity index (χ1n) is 14.8. The van der Waals surface area contributed by atoms with Gasteiger partial charge >= 0.3 is 17.9 Å². The minimum atomic E-state index is -1.01. The van der Waals surface area contributed by atoms with Crippen LogP contribution >= 0.6 is 0 Å². The van der Waals surface area contributed by atoms with E-state index in [2.05, 4.69) is 26.1 Å². The highest BCUT2D eigenvalue weighted by Gasteiger charge is 2.60. The number of fused-ring (bicyclic) bond motifs is 5. The van der Waals surface area contributed by atoms with Gasteiger partial charge in [-0.05, 0) is 111 Å². The summed E-state index contributed by atoms with van der Waals surface area (Å²) in [5.41, 5.74) is 0.582. The molecule has 0 bridgehead atoms. The molecule has 4 saturated carbocycles. The van der Waals surface area contributed by atoms with Crippen LogP contribution in [0.5, 0.6) is 0 Å². The van der Waals surface area contributed by atoms with E-state index < -0.39 is 11.9 Å². The third-order valence-electron chi connectivity index (χ3n) is 11.5. The molecular weight excluding hydrogens is 486 g/mol. The fraction of sp³-hybridized carbons (Fsp3) is 0.867. The lowest BCUT2D eigenvalue weighted by Crippen LogP contribution is -2.54. The number of nitrogens with one attached hydrogen (secondary N) is 1. The van der Waals surface area contributed by atoms with Crippen LogP contribution in [0.3, 0.4) is 0 Å². The van der Waals surface area contributed by atoms with E-state index in [0.29, 0.717) is 35.5 Å². The summed E-state index contributed by atoms with van der Waals surface area (Å²) in [5.74, 6) is 1.24. The first kappa shape index (κ1) is 28.9. The summed E-state index contributed by atoms with van der Waals surface area (Å²) < 4.78 is 5.70. The van der Waals surface area contributed by atoms with Crippen molar-refractivity contribution in [3.05, 3.63) is 0 Å². The van der Waals surface area contributed by atoms with Crippen molar-refractivity contribution >= 4 is 23.8 Å². The number of hydrogen-bond acceptors (Lipinski definition) is 5. The molecule has 0 aromatic carbocycles. The van der Waals surface area contributed by atoms with Gasteiger partial charge < -0.3 is 20.3 Å². The average Bonchev–Trinajstić information content (AvgIpc) is 3.22. The summed E-state index contributed by atoms with van der Waals surface area (Å²) in [6.07, 6.45) is 11.1. The van der Waals surface area contributed by atoms with E-state index in [0.717, 1.165) is 37.5 Å². The van der Waals surface area contributed by atoms with Crippen LogP contribution in [0.4, 0.5) is 0 Å². The maximum absolute atomic E-state index is 12.1. The number of hydrogen-bond donors (Lipinski definition) is 3. The van der Waals surface area contributed by atoms with Gasteiger partial charge in [0, 0.05) is 6.42 Å². The van der Waals surface area contributed by atoms with E-state index in [1.165, 1.54) is 38.5 Å². The van der Waals surface area contributed by atoms with Crippen LogP contribution in [-0.4, -0.2) is 46.7 Å². The minimum absolute atomic E-state index is 0.0503. The van der Waals surface area contributed by atoms with Crippen LogP contribution in [0.1, 0.15) is 104 Å². The molecule has 1 amide bonds. The Balaban J connectivity index is 1.34. The van der Waals surface area contributed by atoms with E-state index in [-0.39, 0.29) is 42.8 Å². The van der Waals surface area contributed by atoms with Crippen LogP contribution in [-0.2, 0) is 23.9 Å². The van der Waals surface area contributed by atoms with Gasteiger partial charge in [-0.2, -0.15) is 0 Å². The first-order valence-corrected chi connectivity index (χ1v) is 14.8. The molecule has 4 rings (SSSR count). The zero-order valence-corrected chi connectivity index (χ0v) is 23.4. The highest BCUT2D eigenvalue weighted by molar-refractivity contribution is 5.81. The van der Waals surface area contributed by atoms with Gasteiger partial charge in [0.15, 0.2) is 0 Å². The number of carboxylic acid groups (broad SMARTS) is 2. The first-order chi connectivity index (χ1) is 17.9. The zero-order chi connectivity index (χ0) is 27.7. The predicted molar refractivity (Wildman–Crippen MR) is 141 cm³/mol. The van der Waals surface area contributed by atoms with Crippen LogP contribution < -0.4 is 5.32 Å². The molecule has 4 aliphatic rings. The molecule has 8 heteroatoms. The summed E-state index contributed by atoms with van der Waals surface area (Å²) in [5, 5.41) is 20.1. The topological polar surface area (TPSA) is 130 Å².